The number of nitrogens with one attached hydrogen (secondary N) is 1. The molecule has 188 valence electrons. The van der Waals surface area contributed by atoms with Gasteiger partial charge in [-0.3, -0.25) is 0 Å². The van der Waals surface area contributed by atoms with Crippen molar-refractivity contribution in [1.82, 2.24) is 24.5 Å². The minimum absolute atomic E-state index is 0.0552. The van der Waals surface area contributed by atoms with Crippen LogP contribution in [0.4, 0.5) is 17.6 Å². The Morgan fingerprint density at radius 3 is 2.63 bits per heavy atom. The van der Waals surface area contributed by atoms with Crippen LogP contribution in [0.25, 0.3) is 11.1 Å². The molecule has 0 bridgehead atoms. The zero-order chi connectivity index (χ0) is 25.2. The van der Waals surface area contributed by atoms with Crippen LogP contribution in [-0.2, 0) is 10.0 Å². The first kappa shape index (κ1) is 25.0. The first-order valence-electron chi connectivity index (χ1n) is 10.9. The van der Waals surface area contributed by atoms with Crippen molar-refractivity contribution in [2.45, 2.75) is 55.8 Å². The molecule has 3 aromatic rings. The van der Waals surface area contributed by atoms with E-state index in [0.29, 0.717) is 12.8 Å². The summed E-state index contributed by atoms with van der Waals surface area (Å²) in [6, 6.07) is 5.76. The van der Waals surface area contributed by atoms with Crippen LogP contribution in [0.15, 0.2) is 47.8 Å². The number of pyridine rings is 1. The van der Waals surface area contributed by atoms with E-state index in [1.165, 1.54) is 24.3 Å². The van der Waals surface area contributed by atoms with Gasteiger partial charge in [0.1, 0.15) is 18.0 Å². The molecule has 1 fully saturated rings. The van der Waals surface area contributed by atoms with Crippen LogP contribution in [0, 0.1) is 12.7 Å². The monoisotopic (exact) mass is 513 g/mol. The first-order valence-corrected chi connectivity index (χ1v) is 12.3. The summed E-state index contributed by atoms with van der Waals surface area (Å²) >= 11 is 0. The zero-order valence-corrected chi connectivity index (χ0v) is 19.5. The van der Waals surface area contributed by atoms with E-state index in [1.54, 1.807) is 6.33 Å². The molecule has 13 heteroatoms. The Hall–Kier alpha value is -3.06. The van der Waals surface area contributed by atoms with E-state index in [4.69, 9.17) is 0 Å². The Morgan fingerprint density at radius 1 is 1.20 bits per heavy atom. The topological polar surface area (TPSA) is 99.0 Å². The van der Waals surface area contributed by atoms with Crippen molar-refractivity contribution in [1.29, 1.82) is 0 Å². The Labute approximate surface area is 199 Å². The third-order valence-corrected chi connectivity index (χ3v) is 7.31. The van der Waals surface area contributed by atoms with Crippen LogP contribution in [-0.4, -0.2) is 47.0 Å². The number of halogens is 4. The van der Waals surface area contributed by atoms with Gasteiger partial charge in [-0.25, -0.2) is 22.5 Å². The van der Waals surface area contributed by atoms with Gasteiger partial charge in [0, 0.05) is 35.5 Å². The maximum absolute atomic E-state index is 14.8. The van der Waals surface area contributed by atoms with Gasteiger partial charge in [0.15, 0.2) is 6.61 Å². The van der Waals surface area contributed by atoms with E-state index in [1.807, 2.05) is 11.5 Å². The van der Waals surface area contributed by atoms with E-state index in [0.717, 1.165) is 30.9 Å². The van der Waals surface area contributed by atoms with Gasteiger partial charge in [-0.1, -0.05) is 6.07 Å². The average Bonchev–Trinajstić information content (AvgIpc) is 3.23. The largest absolute Gasteiger partial charge is 0.468 e. The molecule has 0 aliphatic heterocycles. The summed E-state index contributed by atoms with van der Waals surface area (Å²) < 4.78 is 86.6. The minimum Gasteiger partial charge on any atom is -0.468 e. The van der Waals surface area contributed by atoms with E-state index >= 15 is 0 Å². The van der Waals surface area contributed by atoms with Gasteiger partial charge in [0.2, 0.25) is 15.9 Å². The molecule has 2 atom stereocenters. The lowest BCUT2D eigenvalue weighted by Gasteiger charge is -2.30. The molecule has 2 aromatic heterocycles. The van der Waals surface area contributed by atoms with Gasteiger partial charge in [0.05, 0.1) is 4.90 Å². The Bertz CT molecular complexity index is 1280. The SMILES string of the molecule is Cc1nncn1C1CCCC(NS(=O)(=O)c2ccc(-c3ccc(OCC(F)(F)F)nc3)c(F)c2)C1. The lowest BCUT2D eigenvalue weighted by molar-refractivity contribution is -0.154. The molecule has 1 aliphatic carbocycles. The Morgan fingerprint density at radius 2 is 2.00 bits per heavy atom. The number of alkyl halides is 3. The predicted octanol–water partition coefficient (Wildman–Crippen LogP) is 4.19. The number of benzene rings is 1. The summed E-state index contributed by atoms with van der Waals surface area (Å²) in [7, 11) is -3.98. The number of nitrogens with zero attached hydrogens (tertiary/aromatic N) is 4. The number of ether oxygens (including phenoxy) is 1. The van der Waals surface area contributed by atoms with E-state index in [-0.39, 0.29) is 34.0 Å². The summed E-state index contributed by atoms with van der Waals surface area (Å²) in [4.78, 5) is 3.53. The van der Waals surface area contributed by atoms with Crippen LogP contribution < -0.4 is 9.46 Å². The minimum atomic E-state index is -4.50. The van der Waals surface area contributed by atoms with Crippen molar-refractivity contribution in [3.05, 3.63) is 54.5 Å². The molecule has 1 N–H and O–H groups in total. The quantitative estimate of drug-likeness (QED) is 0.476. The van der Waals surface area contributed by atoms with Gasteiger partial charge in [-0.15, -0.1) is 10.2 Å². The Kier molecular flexibility index (Phi) is 7.08. The first-order chi connectivity index (χ1) is 16.5. The molecule has 1 aromatic carbocycles. The molecule has 8 nitrogen and oxygen atoms in total. The van der Waals surface area contributed by atoms with Gasteiger partial charge >= 0.3 is 6.18 Å². The van der Waals surface area contributed by atoms with Gasteiger partial charge < -0.3 is 9.30 Å². The van der Waals surface area contributed by atoms with Crippen LogP contribution in [0.2, 0.25) is 0 Å². The molecule has 0 amide bonds. The molecule has 2 unspecified atom stereocenters. The third kappa shape index (κ3) is 6.14. The van der Waals surface area contributed by atoms with E-state index < -0.39 is 28.6 Å². The highest BCUT2D eigenvalue weighted by molar-refractivity contribution is 7.89. The second-order valence-corrected chi connectivity index (χ2v) is 10.1. The number of sulfonamides is 1. The molecule has 2 heterocycles. The maximum atomic E-state index is 14.8. The van der Waals surface area contributed by atoms with Crippen LogP contribution >= 0.6 is 0 Å². The number of aromatic nitrogens is 4. The smallest absolute Gasteiger partial charge is 0.422 e. The highest BCUT2D eigenvalue weighted by Crippen LogP contribution is 2.31. The van der Waals surface area contributed by atoms with E-state index in [9.17, 15) is 26.0 Å². The number of aryl methyl sites for hydroxylation is 1. The molecule has 0 spiro atoms. The summed E-state index contributed by atoms with van der Waals surface area (Å²) in [5.41, 5.74) is 0.317. The maximum Gasteiger partial charge on any atom is 0.422 e. The molecule has 0 radical (unpaired) electrons. The zero-order valence-electron chi connectivity index (χ0n) is 18.7. The second-order valence-electron chi connectivity index (χ2n) is 8.35. The fourth-order valence-electron chi connectivity index (χ4n) is 4.15. The summed E-state index contributed by atoms with van der Waals surface area (Å²) in [5, 5.41) is 7.87. The number of hydrogen-bond donors (Lipinski definition) is 1. The summed E-state index contributed by atoms with van der Waals surface area (Å²) in [6.07, 6.45) is 1.21. The normalized spacial score (nSPS) is 19.0. The van der Waals surface area contributed by atoms with Gasteiger partial charge in [-0.05, 0) is 50.8 Å². The summed E-state index contributed by atoms with van der Waals surface area (Å²) in [6.45, 7) is 0.345. The molecule has 1 saturated carbocycles. The van der Waals surface area contributed by atoms with Crippen molar-refractivity contribution in [2.24, 2.45) is 0 Å². The van der Waals surface area contributed by atoms with Crippen molar-refractivity contribution >= 4 is 10.0 Å². The molecule has 1 aliphatic rings. The summed E-state index contributed by atoms with van der Waals surface area (Å²) in [5.74, 6) is -0.312. The number of rotatable bonds is 7. The van der Waals surface area contributed by atoms with Crippen molar-refractivity contribution in [2.75, 3.05) is 6.61 Å². The van der Waals surface area contributed by atoms with E-state index in [2.05, 4.69) is 24.6 Å². The molecular formula is C22H23F4N5O3S. The van der Waals surface area contributed by atoms with Gasteiger partial charge in [-0.2, -0.15) is 13.2 Å². The number of hydrogen-bond acceptors (Lipinski definition) is 6. The predicted molar refractivity (Wildman–Crippen MR) is 118 cm³/mol. The van der Waals surface area contributed by atoms with Gasteiger partial charge in [0.25, 0.3) is 0 Å². The fourth-order valence-corrected chi connectivity index (χ4v) is 5.44. The van der Waals surface area contributed by atoms with Crippen LogP contribution in [0.5, 0.6) is 5.88 Å². The van der Waals surface area contributed by atoms with Crippen molar-refractivity contribution in [3.8, 4) is 17.0 Å². The third-order valence-electron chi connectivity index (χ3n) is 5.80. The Balaban J connectivity index is 1.45. The standard InChI is InChI=1S/C22H23F4N5O3S/c1-14-29-28-13-31(14)17-4-2-3-16(9-17)30-35(32,33)18-6-7-19(20(23)10-18)15-5-8-21(27-11-15)34-12-22(24,25)26/h5-8,10-11,13,16-17,30H,2-4,9,12H2,1H3. The van der Waals surface area contributed by atoms with Crippen LogP contribution in [0.3, 0.4) is 0 Å². The molecule has 0 saturated heterocycles. The lowest BCUT2D eigenvalue weighted by atomic mass is 9.91. The van der Waals surface area contributed by atoms with Crippen molar-refractivity contribution < 1.29 is 30.7 Å². The molecule has 4 rings (SSSR count). The van der Waals surface area contributed by atoms with Crippen LogP contribution in [0.1, 0.15) is 37.5 Å². The fraction of sp³-hybridized carbons (Fsp3) is 0.409. The average molecular weight is 514 g/mol. The lowest BCUT2D eigenvalue weighted by Crippen LogP contribution is -2.39. The highest BCUT2D eigenvalue weighted by Gasteiger charge is 2.29. The second kappa shape index (κ2) is 9.90. The van der Waals surface area contributed by atoms with Crippen molar-refractivity contribution in [3.63, 3.8) is 0 Å². The highest BCUT2D eigenvalue weighted by atomic mass is 32.2. The molecular weight excluding hydrogens is 490 g/mol. The molecule has 35 heavy (non-hydrogen) atoms.